The van der Waals surface area contributed by atoms with Crippen molar-refractivity contribution in [2.24, 2.45) is 0 Å². The fourth-order valence-corrected chi connectivity index (χ4v) is 2.69. The van der Waals surface area contributed by atoms with Gasteiger partial charge in [-0.15, -0.1) is 0 Å². The monoisotopic (exact) mass is 339 g/mol. The first-order valence-electron chi connectivity index (χ1n) is 8.64. The highest BCUT2D eigenvalue weighted by Crippen LogP contribution is 2.15. The van der Waals surface area contributed by atoms with Crippen LogP contribution in [-0.2, 0) is 17.8 Å². The predicted molar refractivity (Wildman–Crippen MR) is 102 cm³/mol. The molecule has 0 radical (unpaired) electrons. The highest BCUT2D eigenvalue weighted by atomic mass is 16.5. The summed E-state index contributed by atoms with van der Waals surface area (Å²) in [6, 6.07) is 15.9. The fraction of sp³-hybridized carbons (Fsp3) is 0.286. The summed E-state index contributed by atoms with van der Waals surface area (Å²) in [7, 11) is 2.02. The van der Waals surface area contributed by atoms with E-state index < -0.39 is 0 Å². The van der Waals surface area contributed by atoms with Crippen LogP contribution in [0.3, 0.4) is 0 Å². The van der Waals surface area contributed by atoms with Crippen LogP contribution in [0.15, 0.2) is 61.2 Å². The maximum Gasteiger partial charge on any atom is 0.279 e. The molecular weight excluding hydrogens is 312 g/mol. The third-order valence-electron chi connectivity index (χ3n) is 3.93. The SMILES string of the molecule is C=CCOc1ccc(C[NH+](C)CC(=O)Nc2ccccc2CC)cc1. The molecule has 1 amide bonds. The highest BCUT2D eigenvalue weighted by molar-refractivity contribution is 5.92. The van der Waals surface area contributed by atoms with E-state index in [2.05, 4.69) is 18.8 Å². The number of carbonyl (C=O) groups is 1. The van der Waals surface area contributed by atoms with E-state index >= 15 is 0 Å². The molecule has 0 aliphatic rings. The van der Waals surface area contributed by atoms with Gasteiger partial charge in [0.2, 0.25) is 0 Å². The molecule has 4 heteroatoms. The summed E-state index contributed by atoms with van der Waals surface area (Å²) in [6.45, 7) is 7.43. The zero-order valence-electron chi connectivity index (χ0n) is 15.0. The molecule has 0 saturated heterocycles. The molecule has 2 N–H and O–H groups in total. The maximum absolute atomic E-state index is 12.3. The van der Waals surface area contributed by atoms with Gasteiger partial charge < -0.3 is 15.0 Å². The molecule has 132 valence electrons. The second-order valence-corrected chi connectivity index (χ2v) is 6.11. The minimum atomic E-state index is 0.0318. The number of hydrogen-bond donors (Lipinski definition) is 2. The lowest BCUT2D eigenvalue weighted by atomic mass is 10.1. The largest absolute Gasteiger partial charge is 0.490 e. The van der Waals surface area contributed by atoms with E-state index in [-0.39, 0.29) is 5.91 Å². The van der Waals surface area contributed by atoms with E-state index in [1.54, 1.807) is 6.08 Å². The molecule has 1 atom stereocenters. The maximum atomic E-state index is 12.3. The van der Waals surface area contributed by atoms with Gasteiger partial charge in [0.1, 0.15) is 18.9 Å². The number of benzene rings is 2. The Bertz CT molecular complexity index is 695. The van der Waals surface area contributed by atoms with Crippen LogP contribution in [0.5, 0.6) is 5.75 Å². The molecule has 0 spiro atoms. The average molecular weight is 339 g/mol. The second-order valence-electron chi connectivity index (χ2n) is 6.11. The predicted octanol–water partition coefficient (Wildman–Crippen LogP) is 2.47. The van der Waals surface area contributed by atoms with Crippen LogP contribution in [-0.4, -0.2) is 26.1 Å². The van der Waals surface area contributed by atoms with Gasteiger partial charge in [-0.25, -0.2) is 0 Å². The molecule has 0 aliphatic heterocycles. The summed E-state index contributed by atoms with van der Waals surface area (Å²) < 4.78 is 5.48. The van der Waals surface area contributed by atoms with Crippen LogP contribution < -0.4 is 15.0 Å². The summed E-state index contributed by atoms with van der Waals surface area (Å²) in [5.74, 6) is 0.861. The summed E-state index contributed by atoms with van der Waals surface area (Å²) in [4.78, 5) is 13.4. The van der Waals surface area contributed by atoms with Crippen molar-refractivity contribution in [2.45, 2.75) is 19.9 Å². The highest BCUT2D eigenvalue weighted by Gasteiger charge is 2.12. The van der Waals surface area contributed by atoms with Gasteiger partial charge in [0.05, 0.1) is 7.05 Å². The van der Waals surface area contributed by atoms with Crippen molar-refractivity contribution >= 4 is 11.6 Å². The molecule has 2 aromatic rings. The number of nitrogens with one attached hydrogen (secondary N) is 2. The Kier molecular flexibility index (Phi) is 7.23. The van der Waals surface area contributed by atoms with Crippen molar-refractivity contribution in [1.29, 1.82) is 0 Å². The molecule has 0 aliphatic carbocycles. The Morgan fingerprint density at radius 2 is 1.92 bits per heavy atom. The van der Waals surface area contributed by atoms with Crippen molar-refractivity contribution in [3.63, 3.8) is 0 Å². The molecule has 2 aromatic carbocycles. The number of likely N-dealkylation sites (N-methyl/N-ethyl adjacent to an activating group) is 1. The van der Waals surface area contributed by atoms with Crippen LogP contribution in [0, 0.1) is 0 Å². The number of rotatable bonds is 9. The van der Waals surface area contributed by atoms with Gasteiger partial charge in [0.15, 0.2) is 6.54 Å². The third kappa shape index (κ3) is 6.08. The van der Waals surface area contributed by atoms with Gasteiger partial charge in [-0.1, -0.05) is 37.8 Å². The van der Waals surface area contributed by atoms with Gasteiger partial charge in [-0.3, -0.25) is 4.79 Å². The first-order chi connectivity index (χ1) is 12.1. The normalized spacial score (nSPS) is 11.6. The topological polar surface area (TPSA) is 42.8 Å². The fourth-order valence-electron chi connectivity index (χ4n) is 2.69. The number of para-hydroxylation sites is 1. The number of anilines is 1. The molecule has 0 saturated carbocycles. The van der Waals surface area contributed by atoms with E-state index in [0.29, 0.717) is 13.2 Å². The Morgan fingerprint density at radius 1 is 1.20 bits per heavy atom. The van der Waals surface area contributed by atoms with Crippen molar-refractivity contribution in [1.82, 2.24) is 0 Å². The van der Waals surface area contributed by atoms with Gasteiger partial charge in [0.25, 0.3) is 5.91 Å². The van der Waals surface area contributed by atoms with Crippen molar-refractivity contribution in [3.05, 3.63) is 72.3 Å². The molecule has 25 heavy (non-hydrogen) atoms. The molecule has 0 fully saturated rings. The van der Waals surface area contributed by atoms with Gasteiger partial charge in [0, 0.05) is 11.3 Å². The van der Waals surface area contributed by atoms with Crippen molar-refractivity contribution < 1.29 is 14.4 Å². The number of quaternary nitrogens is 1. The van der Waals surface area contributed by atoms with E-state index in [4.69, 9.17) is 4.74 Å². The summed E-state index contributed by atoms with van der Waals surface area (Å²) in [5, 5.41) is 3.02. The van der Waals surface area contributed by atoms with Crippen LogP contribution in [0.1, 0.15) is 18.1 Å². The number of aryl methyl sites for hydroxylation is 1. The summed E-state index contributed by atoms with van der Waals surface area (Å²) in [5.41, 5.74) is 3.24. The molecule has 0 heterocycles. The minimum absolute atomic E-state index is 0.0318. The van der Waals surface area contributed by atoms with E-state index in [1.165, 1.54) is 5.56 Å². The Hall–Kier alpha value is -2.59. The second kappa shape index (κ2) is 9.64. The number of hydrogen-bond acceptors (Lipinski definition) is 2. The van der Waals surface area contributed by atoms with Crippen LogP contribution >= 0.6 is 0 Å². The lowest BCUT2D eigenvalue weighted by molar-refractivity contribution is -0.885. The summed E-state index contributed by atoms with van der Waals surface area (Å²) in [6.07, 6.45) is 2.63. The molecule has 0 aromatic heterocycles. The quantitative estimate of drug-likeness (QED) is 0.689. The van der Waals surface area contributed by atoms with Gasteiger partial charge >= 0.3 is 0 Å². The zero-order valence-corrected chi connectivity index (χ0v) is 15.0. The lowest BCUT2D eigenvalue weighted by Crippen LogP contribution is -3.08. The van der Waals surface area contributed by atoms with Crippen LogP contribution in [0.25, 0.3) is 0 Å². The number of ether oxygens (including phenoxy) is 1. The van der Waals surface area contributed by atoms with Crippen LogP contribution in [0.2, 0.25) is 0 Å². The average Bonchev–Trinajstić information content (AvgIpc) is 2.61. The zero-order chi connectivity index (χ0) is 18.1. The number of carbonyl (C=O) groups excluding carboxylic acids is 1. The molecule has 2 rings (SSSR count). The smallest absolute Gasteiger partial charge is 0.279 e. The Balaban J connectivity index is 1.85. The lowest BCUT2D eigenvalue weighted by Gasteiger charge is -2.15. The molecule has 1 unspecified atom stereocenters. The van der Waals surface area contributed by atoms with E-state index in [0.717, 1.165) is 34.9 Å². The summed E-state index contributed by atoms with van der Waals surface area (Å²) >= 11 is 0. The van der Waals surface area contributed by atoms with Gasteiger partial charge in [-0.05, 0) is 42.3 Å². The van der Waals surface area contributed by atoms with Crippen molar-refractivity contribution in [2.75, 3.05) is 25.5 Å². The third-order valence-corrected chi connectivity index (χ3v) is 3.93. The first-order valence-corrected chi connectivity index (χ1v) is 8.64. The Morgan fingerprint density at radius 3 is 2.60 bits per heavy atom. The first kappa shape index (κ1) is 18.7. The molecular formula is C21H27N2O2+. The standard InChI is InChI=1S/C21H26N2O2/c1-4-14-25-19-12-10-17(11-13-19)15-23(3)16-21(24)22-20-9-7-6-8-18(20)5-2/h4,6-13H,1,5,14-16H2,2-3H3,(H,22,24)/p+1. The van der Waals surface area contributed by atoms with Gasteiger partial charge in [-0.2, -0.15) is 0 Å². The molecule has 0 bridgehead atoms. The molecule has 4 nitrogen and oxygen atoms in total. The number of amides is 1. The Labute approximate surface area is 150 Å². The minimum Gasteiger partial charge on any atom is -0.490 e. The van der Waals surface area contributed by atoms with Crippen molar-refractivity contribution in [3.8, 4) is 5.75 Å². The van der Waals surface area contributed by atoms with E-state index in [9.17, 15) is 4.79 Å². The van der Waals surface area contributed by atoms with E-state index in [1.807, 2.05) is 55.6 Å². The van der Waals surface area contributed by atoms with Crippen LogP contribution in [0.4, 0.5) is 5.69 Å².